The predicted molar refractivity (Wildman–Crippen MR) is 96.1 cm³/mol. The van der Waals surface area contributed by atoms with Crippen LogP contribution in [0.2, 0.25) is 0 Å². The molecule has 1 aromatic carbocycles. The van der Waals surface area contributed by atoms with Crippen LogP contribution >= 0.6 is 0 Å². The van der Waals surface area contributed by atoms with Gasteiger partial charge in [0.1, 0.15) is 5.76 Å². The number of carbonyl (C=O) groups excluding carboxylic acids is 2. The van der Waals surface area contributed by atoms with Gasteiger partial charge < -0.3 is 15.1 Å². The van der Waals surface area contributed by atoms with Crippen molar-refractivity contribution in [3.8, 4) is 0 Å². The number of anilines is 1. The van der Waals surface area contributed by atoms with E-state index in [4.69, 9.17) is 4.42 Å². The molecule has 0 saturated heterocycles. The van der Waals surface area contributed by atoms with Crippen LogP contribution in [0.5, 0.6) is 0 Å². The molecule has 5 heteroatoms. The highest BCUT2D eigenvalue weighted by atomic mass is 16.3. The molecule has 0 unspecified atom stereocenters. The van der Waals surface area contributed by atoms with Crippen LogP contribution < -0.4 is 10.6 Å². The molecule has 0 spiro atoms. The van der Waals surface area contributed by atoms with Crippen LogP contribution in [0.25, 0.3) is 0 Å². The number of rotatable bonds is 7. The van der Waals surface area contributed by atoms with E-state index in [1.165, 1.54) is 0 Å². The normalized spacial score (nSPS) is 15.2. The maximum absolute atomic E-state index is 12.8. The Morgan fingerprint density at radius 3 is 2.48 bits per heavy atom. The lowest BCUT2D eigenvalue weighted by Crippen LogP contribution is -2.48. The zero-order valence-corrected chi connectivity index (χ0v) is 14.5. The monoisotopic (exact) mass is 340 g/mol. The summed E-state index contributed by atoms with van der Waals surface area (Å²) in [7, 11) is 0. The van der Waals surface area contributed by atoms with Gasteiger partial charge in [0, 0.05) is 12.1 Å². The molecule has 0 bridgehead atoms. The van der Waals surface area contributed by atoms with Crippen molar-refractivity contribution in [1.29, 1.82) is 0 Å². The molecular formula is C20H24N2O3. The lowest BCUT2D eigenvalue weighted by atomic mass is 9.64. The van der Waals surface area contributed by atoms with E-state index in [1.54, 1.807) is 6.26 Å². The average molecular weight is 340 g/mol. The highest BCUT2D eigenvalue weighted by Crippen LogP contribution is 2.44. The van der Waals surface area contributed by atoms with E-state index in [1.807, 2.05) is 43.3 Å². The van der Waals surface area contributed by atoms with Crippen LogP contribution in [-0.4, -0.2) is 11.8 Å². The molecule has 1 aliphatic carbocycles. The zero-order valence-electron chi connectivity index (χ0n) is 14.5. The molecule has 5 nitrogen and oxygen atoms in total. The van der Waals surface area contributed by atoms with E-state index in [9.17, 15) is 9.59 Å². The highest BCUT2D eigenvalue weighted by Gasteiger charge is 2.45. The van der Waals surface area contributed by atoms with Gasteiger partial charge in [0.25, 0.3) is 0 Å². The smallest absolute Gasteiger partial charge is 0.231 e. The minimum absolute atomic E-state index is 0.0183. The van der Waals surface area contributed by atoms with Gasteiger partial charge in [-0.1, -0.05) is 25.5 Å². The van der Waals surface area contributed by atoms with Crippen LogP contribution in [0, 0.1) is 0 Å². The maximum Gasteiger partial charge on any atom is 0.231 e. The van der Waals surface area contributed by atoms with Crippen LogP contribution in [-0.2, 0) is 21.5 Å². The van der Waals surface area contributed by atoms with Gasteiger partial charge in [-0.3, -0.25) is 9.59 Å². The standard InChI is InChI=1S/C20H24N2O3/c1-2-5-18(23)22-16-9-7-15(8-10-16)20(11-4-12-20)19(24)21-14-17-6-3-13-25-17/h3,6-10,13H,2,4-5,11-12,14H2,1H3,(H,21,24)(H,22,23). The van der Waals surface area contributed by atoms with Crippen LogP contribution in [0.15, 0.2) is 47.1 Å². The average Bonchev–Trinajstić information content (AvgIpc) is 3.07. The summed E-state index contributed by atoms with van der Waals surface area (Å²) in [5.74, 6) is 0.805. The van der Waals surface area contributed by atoms with Gasteiger partial charge in [-0.15, -0.1) is 0 Å². The molecule has 2 N–H and O–H groups in total. The predicted octanol–water partition coefficient (Wildman–Crippen LogP) is 3.76. The fraction of sp³-hybridized carbons (Fsp3) is 0.400. The summed E-state index contributed by atoms with van der Waals surface area (Å²) in [6, 6.07) is 11.3. The molecule has 0 aliphatic heterocycles. The van der Waals surface area contributed by atoms with Crippen LogP contribution in [0.4, 0.5) is 5.69 Å². The lowest BCUT2D eigenvalue weighted by Gasteiger charge is -2.40. The Balaban J connectivity index is 1.67. The van der Waals surface area contributed by atoms with Gasteiger partial charge in [0.2, 0.25) is 11.8 Å². The molecule has 1 aliphatic rings. The second-order valence-electron chi connectivity index (χ2n) is 6.57. The van der Waals surface area contributed by atoms with Crippen molar-refractivity contribution in [3.63, 3.8) is 0 Å². The highest BCUT2D eigenvalue weighted by molar-refractivity contribution is 5.91. The van der Waals surface area contributed by atoms with Crippen molar-refractivity contribution in [3.05, 3.63) is 54.0 Å². The fourth-order valence-corrected chi connectivity index (χ4v) is 3.25. The van der Waals surface area contributed by atoms with Crippen molar-refractivity contribution < 1.29 is 14.0 Å². The molecule has 2 aromatic rings. The van der Waals surface area contributed by atoms with E-state index < -0.39 is 5.41 Å². The molecule has 1 heterocycles. The third-order valence-corrected chi connectivity index (χ3v) is 4.84. The van der Waals surface area contributed by atoms with E-state index in [-0.39, 0.29) is 11.8 Å². The van der Waals surface area contributed by atoms with Crippen LogP contribution in [0.3, 0.4) is 0 Å². The van der Waals surface area contributed by atoms with Crippen molar-refractivity contribution in [2.75, 3.05) is 5.32 Å². The van der Waals surface area contributed by atoms with Gasteiger partial charge >= 0.3 is 0 Å². The van der Waals surface area contributed by atoms with Gasteiger partial charge in [-0.25, -0.2) is 0 Å². The number of nitrogens with one attached hydrogen (secondary N) is 2. The Bertz CT molecular complexity index is 716. The lowest BCUT2D eigenvalue weighted by molar-refractivity contribution is -0.130. The second-order valence-corrected chi connectivity index (χ2v) is 6.57. The van der Waals surface area contributed by atoms with E-state index in [2.05, 4.69) is 10.6 Å². The summed E-state index contributed by atoms with van der Waals surface area (Å²) in [6.07, 6.45) is 5.68. The van der Waals surface area contributed by atoms with Crippen molar-refractivity contribution >= 4 is 17.5 Å². The van der Waals surface area contributed by atoms with Gasteiger partial charge in [0.05, 0.1) is 18.2 Å². The Hall–Kier alpha value is -2.56. The molecule has 3 rings (SSSR count). The zero-order chi connectivity index (χ0) is 17.7. The third-order valence-electron chi connectivity index (χ3n) is 4.84. The van der Waals surface area contributed by atoms with E-state index in [0.717, 1.165) is 42.7 Å². The van der Waals surface area contributed by atoms with Crippen molar-refractivity contribution in [2.45, 2.75) is 51.0 Å². The summed E-state index contributed by atoms with van der Waals surface area (Å²) >= 11 is 0. The number of carbonyl (C=O) groups is 2. The first kappa shape index (κ1) is 17.3. The van der Waals surface area contributed by atoms with Crippen molar-refractivity contribution in [1.82, 2.24) is 5.32 Å². The number of hydrogen-bond acceptors (Lipinski definition) is 3. The maximum atomic E-state index is 12.8. The molecule has 2 amide bonds. The Kier molecular flexibility index (Phi) is 5.22. The summed E-state index contributed by atoms with van der Waals surface area (Å²) in [4.78, 5) is 24.5. The first-order valence-electron chi connectivity index (χ1n) is 8.85. The molecule has 1 aromatic heterocycles. The van der Waals surface area contributed by atoms with Crippen LogP contribution in [0.1, 0.15) is 50.4 Å². The molecule has 0 atom stereocenters. The molecule has 132 valence electrons. The Morgan fingerprint density at radius 2 is 1.92 bits per heavy atom. The third kappa shape index (κ3) is 3.76. The second kappa shape index (κ2) is 7.55. The van der Waals surface area contributed by atoms with Gasteiger partial charge in [-0.05, 0) is 49.1 Å². The summed E-state index contributed by atoms with van der Waals surface area (Å²) in [5.41, 5.74) is 1.32. The quantitative estimate of drug-likeness (QED) is 0.806. The summed E-state index contributed by atoms with van der Waals surface area (Å²) in [6.45, 7) is 2.38. The first-order valence-corrected chi connectivity index (χ1v) is 8.85. The molecule has 1 fully saturated rings. The van der Waals surface area contributed by atoms with Gasteiger partial charge in [0.15, 0.2) is 0 Å². The molecule has 25 heavy (non-hydrogen) atoms. The Labute approximate surface area is 147 Å². The summed E-state index contributed by atoms with van der Waals surface area (Å²) in [5, 5.41) is 5.87. The van der Waals surface area contributed by atoms with Crippen molar-refractivity contribution in [2.24, 2.45) is 0 Å². The number of hydrogen-bond donors (Lipinski definition) is 2. The SMILES string of the molecule is CCCC(=O)Nc1ccc(C2(C(=O)NCc3ccco3)CCC2)cc1. The topological polar surface area (TPSA) is 71.3 Å². The van der Waals surface area contributed by atoms with Gasteiger partial charge in [-0.2, -0.15) is 0 Å². The number of benzene rings is 1. The first-order chi connectivity index (χ1) is 12.1. The fourth-order valence-electron chi connectivity index (χ4n) is 3.25. The molecule has 0 radical (unpaired) electrons. The Morgan fingerprint density at radius 1 is 1.16 bits per heavy atom. The largest absolute Gasteiger partial charge is 0.467 e. The van der Waals surface area contributed by atoms with E-state index >= 15 is 0 Å². The number of furan rings is 1. The molecule has 1 saturated carbocycles. The summed E-state index contributed by atoms with van der Waals surface area (Å²) < 4.78 is 5.27. The van der Waals surface area contributed by atoms with E-state index in [0.29, 0.717) is 13.0 Å². The minimum Gasteiger partial charge on any atom is -0.467 e. The minimum atomic E-state index is -0.460. The number of amides is 2. The molecular weight excluding hydrogens is 316 g/mol.